The summed E-state index contributed by atoms with van der Waals surface area (Å²) >= 11 is 0. The molecule has 14 heavy (non-hydrogen) atoms. The van der Waals surface area contributed by atoms with Crippen molar-refractivity contribution in [2.45, 2.75) is 13.0 Å². The van der Waals surface area contributed by atoms with E-state index >= 15 is 0 Å². The molecule has 2 unspecified atom stereocenters. The number of rotatable bonds is 5. The second kappa shape index (κ2) is 6.02. The van der Waals surface area contributed by atoms with Gasteiger partial charge in [0.15, 0.2) is 0 Å². The number of hydrogen-bond acceptors (Lipinski definition) is 3. The molecule has 1 fully saturated rings. The van der Waals surface area contributed by atoms with Gasteiger partial charge in [-0.25, -0.2) is 0 Å². The number of hydrogen-bond donors (Lipinski definition) is 1. The minimum atomic E-state index is 0.500. The van der Waals surface area contributed by atoms with Crippen molar-refractivity contribution < 1.29 is 4.74 Å². The van der Waals surface area contributed by atoms with Gasteiger partial charge in [-0.1, -0.05) is 12.8 Å². The average Bonchev–Trinajstić information content (AvgIpc) is 2.54. The normalized spacial score (nSPS) is 26.7. The van der Waals surface area contributed by atoms with Crippen LogP contribution >= 0.6 is 0 Å². The smallest absolute Gasteiger partial charge is 0.0623 e. The molecule has 1 aliphatic heterocycles. The molecule has 0 saturated carbocycles. The minimum absolute atomic E-state index is 0.500. The molecule has 3 nitrogen and oxygen atoms in total. The van der Waals surface area contributed by atoms with Gasteiger partial charge in [0.1, 0.15) is 0 Å². The van der Waals surface area contributed by atoms with Crippen molar-refractivity contribution in [3.8, 4) is 12.3 Å². The monoisotopic (exact) mass is 196 g/mol. The summed E-state index contributed by atoms with van der Waals surface area (Å²) in [5.41, 5.74) is 0. The molecule has 2 atom stereocenters. The van der Waals surface area contributed by atoms with Crippen molar-refractivity contribution >= 4 is 0 Å². The predicted octanol–water partition coefficient (Wildman–Crippen LogP) is 0.176. The minimum Gasteiger partial charge on any atom is -0.379 e. The maximum absolute atomic E-state index is 5.46. The van der Waals surface area contributed by atoms with E-state index in [4.69, 9.17) is 11.2 Å². The summed E-state index contributed by atoms with van der Waals surface area (Å²) in [6.45, 7) is 6.55. The molecule has 0 spiro atoms. The number of ether oxygens (including phenoxy) is 1. The summed E-state index contributed by atoms with van der Waals surface area (Å²) in [5, 5.41) is 3.44. The fraction of sp³-hybridized carbons (Fsp3) is 0.818. The van der Waals surface area contributed by atoms with Crippen LogP contribution in [0.4, 0.5) is 0 Å². The lowest BCUT2D eigenvalue weighted by molar-refractivity contribution is 0.175. The fourth-order valence-electron chi connectivity index (χ4n) is 1.89. The van der Waals surface area contributed by atoms with E-state index in [2.05, 4.69) is 30.1 Å². The van der Waals surface area contributed by atoms with Crippen LogP contribution in [-0.2, 0) is 4.74 Å². The third-order valence-electron chi connectivity index (χ3n) is 2.57. The van der Waals surface area contributed by atoms with Crippen LogP contribution in [0.15, 0.2) is 0 Å². The van der Waals surface area contributed by atoms with Crippen LogP contribution in [0.1, 0.15) is 6.92 Å². The number of likely N-dealkylation sites (N-methyl/N-ethyl adjacent to an activating group) is 1. The van der Waals surface area contributed by atoms with Crippen LogP contribution in [-0.4, -0.2) is 50.8 Å². The second-order valence-electron chi connectivity index (χ2n) is 3.86. The summed E-state index contributed by atoms with van der Waals surface area (Å²) in [7, 11) is 2.06. The highest BCUT2D eigenvalue weighted by molar-refractivity contribution is 4.89. The Morgan fingerprint density at radius 2 is 2.36 bits per heavy atom. The molecular formula is C11H20N2O. The Balaban J connectivity index is 2.32. The number of nitrogens with one attached hydrogen (secondary N) is 1. The zero-order valence-corrected chi connectivity index (χ0v) is 9.12. The Hall–Kier alpha value is -0.560. The maximum atomic E-state index is 5.46. The zero-order chi connectivity index (χ0) is 10.4. The standard InChI is InChI=1S/C11H20N2O/c1-4-6-13(3)7-10-8-14-9-11(10)12-5-2/h1,10-12H,5-9H2,2-3H3. The van der Waals surface area contributed by atoms with E-state index in [0.717, 1.165) is 32.8 Å². The highest BCUT2D eigenvalue weighted by atomic mass is 16.5. The lowest BCUT2D eigenvalue weighted by atomic mass is 10.0. The van der Waals surface area contributed by atoms with Crippen molar-refractivity contribution in [2.75, 3.05) is 39.9 Å². The first-order valence-corrected chi connectivity index (χ1v) is 5.21. The van der Waals surface area contributed by atoms with Crippen LogP contribution < -0.4 is 5.32 Å². The molecule has 1 aliphatic rings. The molecule has 0 bridgehead atoms. The summed E-state index contributed by atoms with van der Waals surface area (Å²) in [4.78, 5) is 2.17. The molecule has 0 aliphatic carbocycles. The first-order chi connectivity index (χ1) is 6.77. The van der Waals surface area contributed by atoms with Gasteiger partial charge in [0, 0.05) is 18.5 Å². The molecule has 1 N–H and O–H groups in total. The van der Waals surface area contributed by atoms with Crippen LogP contribution in [0.5, 0.6) is 0 Å². The lowest BCUT2D eigenvalue weighted by Gasteiger charge is -2.23. The number of nitrogens with zero attached hydrogens (tertiary/aromatic N) is 1. The second-order valence-corrected chi connectivity index (χ2v) is 3.86. The van der Waals surface area contributed by atoms with Gasteiger partial charge in [-0.05, 0) is 13.6 Å². The summed E-state index contributed by atoms with van der Waals surface area (Å²) < 4.78 is 5.46. The lowest BCUT2D eigenvalue weighted by Crippen LogP contribution is -2.40. The van der Waals surface area contributed by atoms with Crippen LogP contribution in [0.2, 0.25) is 0 Å². The third-order valence-corrected chi connectivity index (χ3v) is 2.57. The highest BCUT2D eigenvalue weighted by Gasteiger charge is 2.27. The number of terminal acetylenes is 1. The van der Waals surface area contributed by atoms with Crippen molar-refractivity contribution in [1.82, 2.24) is 10.2 Å². The van der Waals surface area contributed by atoms with E-state index < -0.39 is 0 Å². The molecule has 1 saturated heterocycles. The Bertz CT molecular complexity index is 200. The van der Waals surface area contributed by atoms with Crippen LogP contribution in [0.25, 0.3) is 0 Å². The van der Waals surface area contributed by atoms with Gasteiger partial charge >= 0.3 is 0 Å². The first kappa shape index (κ1) is 11.5. The quantitative estimate of drug-likeness (QED) is 0.635. The largest absolute Gasteiger partial charge is 0.379 e. The van der Waals surface area contributed by atoms with Crippen molar-refractivity contribution in [2.24, 2.45) is 5.92 Å². The van der Waals surface area contributed by atoms with E-state index in [-0.39, 0.29) is 0 Å². The van der Waals surface area contributed by atoms with Gasteiger partial charge in [-0.15, -0.1) is 6.42 Å². The SMILES string of the molecule is C#CCN(C)CC1COCC1NCC. The topological polar surface area (TPSA) is 24.5 Å². The maximum Gasteiger partial charge on any atom is 0.0623 e. The van der Waals surface area contributed by atoms with Crippen LogP contribution in [0.3, 0.4) is 0 Å². The fourth-order valence-corrected chi connectivity index (χ4v) is 1.89. The van der Waals surface area contributed by atoms with E-state index in [0.29, 0.717) is 12.0 Å². The first-order valence-electron chi connectivity index (χ1n) is 5.21. The van der Waals surface area contributed by atoms with Crippen molar-refractivity contribution in [3.63, 3.8) is 0 Å². The Morgan fingerprint density at radius 1 is 1.57 bits per heavy atom. The predicted molar refractivity (Wildman–Crippen MR) is 58.1 cm³/mol. The average molecular weight is 196 g/mol. The molecule has 0 aromatic carbocycles. The van der Waals surface area contributed by atoms with Gasteiger partial charge in [0.2, 0.25) is 0 Å². The Morgan fingerprint density at radius 3 is 3.00 bits per heavy atom. The van der Waals surface area contributed by atoms with E-state index in [1.165, 1.54) is 0 Å². The molecule has 80 valence electrons. The van der Waals surface area contributed by atoms with E-state index in [1.807, 2.05) is 0 Å². The van der Waals surface area contributed by atoms with Gasteiger partial charge in [0.05, 0.1) is 19.8 Å². The highest BCUT2D eigenvalue weighted by Crippen LogP contribution is 2.14. The molecule has 1 heterocycles. The Kier molecular flexibility index (Phi) is 4.95. The molecule has 0 radical (unpaired) electrons. The van der Waals surface area contributed by atoms with Crippen molar-refractivity contribution in [3.05, 3.63) is 0 Å². The summed E-state index contributed by atoms with van der Waals surface area (Å²) in [6.07, 6.45) is 5.26. The van der Waals surface area contributed by atoms with Crippen molar-refractivity contribution in [1.29, 1.82) is 0 Å². The molecule has 0 aromatic rings. The van der Waals surface area contributed by atoms with Gasteiger partial charge < -0.3 is 10.1 Å². The van der Waals surface area contributed by atoms with E-state index in [1.54, 1.807) is 0 Å². The molecule has 0 aromatic heterocycles. The summed E-state index contributed by atoms with van der Waals surface area (Å²) in [6, 6.07) is 0.500. The molecule has 1 rings (SSSR count). The summed E-state index contributed by atoms with van der Waals surface area (Å²) in [5.74, 6) is 3.23. The van der Waals surface area contributed by atoms with Gasteiger partial charge in [-0.3, -0.25) is 4.90 Å². The zero-order valence-electron chi connectivity index (χ0n) is 9.12. The molecular weight excluding hydrogens is 176 g/mol. The van der Waals surface area contributed by atoms with Gasteiger partial charge in [0.25, 0.3) is 0 Å². The van der Waals surface area contributed by atoms with E-state index in [9.17, 15) is 0 Å². The van der Waals surface area contributed by atoms with Gasteiger partial charge in [-0.2, -0.15) is 0 Å². The third kappa shape index (κ3) is 3.30. The van der Waals surface area contributed by atoms with Crippen LogP contribution in [0, 0.1) is 18.3 Å². The molecule has 0 amide bonds. The molecule has 3 heteroatoms. The Labute approximate surface area is 86.8 Å².